The van der Waals surface area contributed by atoms with E-state index in [0.717, 1.165) is 4.90 Å². The molecule has 0 spiro atoms. The van der Waals surface area contributed by atoms with Crippen molar-refractivity contribution in [3.05, 3.63) is 0 Å². The van der Waals surface area contributed by atoms with E-state index in [-0.39, 0.29) is 0 Å². The number of aliphatic hydroxyl groups is 1. The van der Waals surface area contributed by atoms with E-state index in [4.69, 9.17) is 16.7 Å². The normalized spacial score (nSPS) is 22.9. The summed E-state index contributed by atoms with van der Waals surface area (Å²) in [6.45, 7) is -0.0896. The Hall–Kier alpha value is -0.490. The van der Waals surface area contributed by atoms with Gasteiger partial charge in [-0.2, -0.15) is 13.2 Å². The fourth-order valence-corrected chi connectivity index (χ4v) is 1.31. The first-order chi connectivity index (χ1) is 6.17. The highest BCUT2D eigenvalue weighted by Crippen LogP contribution is 2.37. The number of likely N-dealkylation sites (tertiary alicyclic amines) is 1. The van der Waals surface area contributed by atoms with Crippen LogP contribution >= 0.6 is 11.6 Å². The highest BCUT2D eigenvalue weighted by Gasteiger charge is 2.62. The van der Waals surface area contributed by atoms with Crippen LogP contribution in [0, 0.1) is 0 Å². The Morgan fingerprint density at radius 2 is 2.00 bits per heavy atom. The molecule has 1 aliphatic heterocycles. The molecule has 3 nitrogen and oxygen atoms in total. The maximum absolute atomic E-state index is 12.1. The summed E-state index contributed by atoms with van der Waals surface area (Å²) in [5, 5.41) is 8.12. The Kier molecular flexibility index (Phi) is 2.71. The maximum Gasteiger partial charge on any atom is 0.420 e. The van der Waals surface area contributed by atoms with Gasteiger partial charge in [-0.25, -0.2) is 0 Å². The van der Waals surface area contributed by atoms with Gasteiger partial charge in [0.05, 0.1) is 13.1 Å². The Bertz CT molecular complexity index is 248. The van der Waals surface area contributed by atoms with Gasteiger partial charge in [-0.05, 0) is 6.92 Å². The molecule has 0 aromatic heterocycles. The third-order valence-electron chi connectivity index (χ3n) is 2.08. The van der Waals surface area contributed by atoms with Gasteiger partial charge in [0.2, 0.25) is 5.91 Å². The summed E-state index contributed by atoms with van der Waals surface area (Å²) in [5.74, 6) is -0.597. The van der Waals surface area contributed by atoms with Crippen LogP contribution in [-0.2, 0) is 4.79 Å². The third kappa shape index (κ3) is 1.81. The van der Waals surface area contributed by atoms with E-state index in [1.807, 2.05) is 0 Å². The number of carbonyl (C=O) groups excluding carboxylic acids is 1. The maximum atomic E-state index is 12.1. The van der Waals surface area contributed by atoms with Gasteiger partial charge in [-0.15, -0.1) is 11.6 Å². The minimum absolute atomic E-state index is 0.597. The zero-order valence-corrected chi connectivity index (χ0v) is 8.06. The number of rotatable bonds is 1. The standard InChI is InChI=1S/C7H9ClF3NO2/c1-4(8)5(13)12-2-6(14,3-12)7(9,10)11/h4,14H,2-3H2,1H3/t4-/m1/s1. The highest BCUT2D eigenvalue weighted by atomic mass is 35.5. The molecule has 1 saturated heterocycles. The molecule has 7 heteroatoms. The zero-order chi connectivity index (χ0) is 11.1. The molecule has 1 N–H and O–H groups in total. The average Bonchev–Trinajstić information content (AvgIpc) is 1.94. The van der Waals surface area contributed by atoms with Crippen molar-refractivity contribution in [1.82, 2.24) is 4.90 Å². The number of nitrogens with zero attached hydrogens (tertiary/aromatic N) is 1. The summed E-state index contributed by atoms with van der Waals surface area (Å²) >= 11 is 5.39. The molecule has 0 unspecified atom stereocenters. The Balaban J connectivity index is 2.55. The number of hydrogen-bond acceptors (Lipinski definition) is 2. The summed E-state index contributed by atoms with van der Waals surface area (Å²) < 4.78 is 36.3. The van der Waals surface area contributed by atoms with Crippen LogP contribution in [0.1, 0.15) is 6.92 Å². The van der Waals surface area contributed by atoms with Crippen LogP contribution < -0.4 is 0 Å². The molecular formula is C7H9ClF3NO2. The summed E-state index contributed by atoms with van der Waals surface area (Å²) in [5.41, 5.74) is -2.76. The Morgan fingerprint density at radius 3 is 2.29 bits per heavy atom. The van der Waals surface area contributed by atoms with Gasteiger partial charge in [0.15, 0.2) is 5.60 Å². The lowest BCUT2D eigenvalue weighted by molar-refractivity contribution is -0.297. The van der Waals surface area contributed by atoms with Gasteiger partial charge < -0.3 is 10.0 Å². The molecule has 1 aliphatic rings. The second kappa shape index (κ2) is 3.27. The van der Waals surface area contributed by atoms with Crippen molar-refractivity contribution in [2.75, 3.05) is 13.1 Å². The van der Waals surface area contributed by atoms with E-state index < -0.39 is 36.2 Å². The number of alkyl halides is 4. The molecule has 0 radical (unpaired) electrons. The predicted octanol–water partition coefficient (Wildman–Crippen LogP) is 0.749. The molecule has 0 bridgehead atoms. The van der Waals surface area contributed by atoms with E-state index >= 15 is 0 Å². The Morgan fingerprint density at radius 1 is 1.57 bits per heavy atom. The topological polar surface area (TPSA) is 40.5 Å². The minimum atomic E-state index is -4.70. The monoisotopic (exact) mass is 231 g/mol. The Labute approximate surface area is 83.4 Å². The minimum Gasteiger partial charge on any atom is -0.378 e. The van der Waals surface area contributed by atoms with E-state index in [1.54, 1.807) is 0 Å². The lowest BCUT2D eigenvalue weighted by atomic mass is 9.93. The van der Waals surface area contributed by atoms with Crippen molar-refractivity contribution in [2.24, 2.45) is 0 Å². The van der Waals surface area contributed by atoms with E-state index in [1.165, 1.54) is 6.92 Å². The van der Waals surface area contributed by atoms with Gasteiger partial charge in [0.1, 0.15) is 5.38 Å². The fraction of sp³-hybridized carbons (Fsp3) is 0.857. The van der Waals surface area contributed by atoms with Gasteiger partial charge in [0, 0.05) is 0 Å². The van der Waals surface area contributed by atoms with Gasteiger partial charge in [-0.3, -0.25) is 4.79 Å². The largest absolute Gasteiger partial charge is 0.420 e. The SMILES string of the molecule is C[C@@H](Cl)C(=O)N1CC(O)(C(F)(F)F)C1. The summed E-state index contributed by atoms with van der Waals surface area (Å²) in [6, 6.07) is 0. The predicted molar refractivity (Wildman–Crippen MR) is 42.9 cm³/mol. The molecular weight excluding hydrogens is 223 g/mol. The second-order valence-electron chi connectivity index (χ2n) is 3.34. The summed E-state index contributed by atoms with van der Waals surface area (Å²) in [4.78, 5) is 11.9. The number of halogens is 4. The van der Waals surface area contributed by atoms with Crippen molar-refractivity contribution < 1.29 is 23.1 Å². The molecule has 14 heavy (non-hydrogen) atoms. The molecule has 82 valence electrons. The average molecular weight is 232 g/mol. The van der Waals surface area contributed by atoms with Crippen LogP contribution in [0.2, 0.25) is 0 Å². The highest BCUT2D eigenvalue weighted by molar-refractivity contribution is 6.30. The van der Waals surface area contributed by atoms with Crippen molar-refractivity contribution in [3.63, 3.8) is 0 Å². The molecule has 1 fully saturated rings. The van der Waals surface area contributed by atoms with Crippen LogP contribution in [0.4, 0.5) is 13.2 Å². The van der Waals surface area contributed by atoms with E-state index in [0.29, 0.717) is 0 Å². The first-order valence-corrected chi connectivity index (χ1v) is 4.33. The molecule has 0 aromatic carbocycles. The van der Waals surface area contributed by atoms with Crippen LogP contribution in [-0.4, -0.2) is 46.2 Å². The van der Waals surface area contributed by atoms with Gasteiger partial charge in [-0.1, -0.05) is 0 Å². The number of β-amino-alcohol motifs (C(OH)–C–C–N with tert-alkyl or cyclic N) is 1. The van der Waals surface area contributed by atoms with Crippen LogP contribution in [0.15, 0.2) is 0 Å². The second-order valence-corrected chi connectivity index (χ2v) is 3.99. The molecule has 1 amide bonds. The van der Waals surface area contributed by atoms with E-state index in [9.17, 15) is 18.0 Å². The molecule has 0 aromatic rings. The van der Waals surface area contributed by atoms with Crippen molar-refractivity contribution in [3.8, 4) is 0 Å². The zero-order valence-electron chi connectivity index (χ0n) is 7.31. The number of hydrogen-bond donors (Lipinski definition) is 1. The van der Waals surface area contributed by atoms with Crippen molar-refractivity contribution in [1.29, 1.82) is 0 Å². The first-order valence-electron chi connectivity index (χ1n) is 3.89. The lowest BCUT2D eigenvalue weighted by Gasteiger charge is -2.47. The van der Waals surface area contributed by atoms with Crippen LogP contribution in [0.5, 0.6) is 0 Å². The van der Waals surface area contributed by atoms with Crippen LogP contribution in [0.25, 0.3) is 0 Å². The van der Waals surface area contributed by atoms with E-state index in [2.05, 4.69) is 0 Å². The smallest absolute Gasteiger partial charge is 0.378 e. The first kappa shape index (κ1) is 11.6. The molecule has 1 heterocycles. The summed E-state index contributed by atoms with van der Waals surface area (Å²) in [6.07, 6.45) is -4.70. The molecule has 1 atom stereocenters. The lowest BCUT2D eigenvalue weighted by Crippen LogP contribution is -2.70. The third-order valence-corrected chi connectivity index (χ3v) is 2.27. The van der Waals surface area contributed by atoms with Gasteiger partial charge >= 0.3 is 6.18 Å². The molecule has 1 rings (SSSR count). The quantitative estimate of drug-likeness (QED) is 0.677. The summed E-state index contributed by atoms with van der Waals surface area (Å²) in [7, 11) is 0. The number of amides is 1. The number of carbonyl (C=O) groups is 1. The fourth-order valence-electron chi connectivity index (χ4n) is 1.17. The van der Waals surface area contributed by atoms with Crippen molar-refractivity contribution >= 4 is 17.5 Å². The van der Waals surface area contributed by atoms with Crippen LogP contribution in [0.3, 0.4) is 0 Å². The molecule has 0 aliphatic carbocycles. The molecule has 0 saturated carbocycles. The van der Waals surface area contributed by atoms with Crippen molar-refractivity contribution in [2.45, 2.75) is 24.1 Å². The van der Waals surface area contributed by atoms with Gasteiger partial charge in [0.25, 0.3) is 0 Å².